The maximum absolute atomic E-state index is 12.3. The van der Waals surface area contributed by atoms with Gasteiger partial charge in [0.05, 0.1) is 5.56 Å². The Hall–Kier alpha value is -1.23. The molecule has 1 unspecified atom stereocenters. The molecule has 0 radical (unpaired) electrons. The topological polar surface area (TPSA) is 35.2 Å². The summed E-state index contributed by atoms with van der Waals surface area (Å²) >= 11 is 0. The SMILES string of the molecule is NC(COc1ccc(C(F)(F)F)cc1)C1CCC1. The number of nitrogens with two attached hydrogens (primary N) is 1. The van der Waals surface area contributed by atoms with Crippen molar-refractivity contribution in [3.63, 3.8) is 0 Å². The molecular formula is C13H16F3NO. The van der Waals surface area contributed by atoms with Gasteiger partial charge in [-0.25, -0.2) is 0 Å². The second kappa shape index (κ2) is 5.18. The normalized spacial score (nSPS) is 18.2. The van der Waals surface area contributed by atoms with Crippen LogP contribution >= 0.6 is 0 Å². The molecule has 100 valence electrons. The molecule has 5 heteroatoms. The third-order valence-electron chi connectivity index (χ3n) is 3.38. The second-order valence-corrected chi connectivity index (χ2v) is 4.69. The summed E-state index contributed by atoms with van der Waals surface area (Å²) in [7, 11) is 0. The van der Waals surface area contributed by atoms with Gasteiger partial charge in [0.25, 0.3) is 0 Å². The fourth-order valence-electron chi connectivity index (χ4n) is 1.94. The fraction of sp³-hybridized carbons (Fsp3) is 0.538. The zero-order chi connectivity index (χ0) is 13.2. The molecule has 1 aromatic carbocycles. The molecule has 1 aliphatic carbocycles. The van der Waals surface area contributed by atoms with E-state index in [1.807, 2.05) is 0 Å². The van der Waals surface area contributed by atoms with Crippen LogP contribution in [0.3, 0.4) is 0 Å². The van der Waals surface area contributed by atoms with Crippen LogP contribution in [-0.4, -0.2) is 12.6 Å². The number of benzene rings is 1. The standard InChI is InChI=1S/C13H16F3NO/c14-13(15,16)10-4-6-11(7-5-10)18-8-12(17)9-2-1-3-9/h4-7,9,12H,1-3,8,17H2. The molecule has 18 heavy (non-hydrogen) atoms. The molecule has 0 spiro atoms. The molecule has 0 bridgehead atoms. The lowest BCUT2D eigenvalue weighted by molar-refractivity contribution is -0.137. The molecule has 2 N–H and O–H groups in total. The minimum atomic E-state index is -4.30. The van der Waals surface area contributed by atoms with E-state index < -0.39 is 11.7 Å². The van der Waals surface area contributed by atoms with Gasteiger partial charge in [-0.15, -0.1) is 0 Å². The highest BCUT2D eigenvalue weighted by Crippen LogP contribution is 2.31. The number of hydrogen-bond donors (Lipinski definition) is 1. The predicted octanol–water partition coefficient (Wildman–Crippen LogP) is 3.21. The number of hydrogen-bond acceptors (Lipinski definition) is 2. The maximum Gasteiger partial charge on any atom is 0.416 e. The third-order valence-corrected chi connectivity index (χ3v) is 3.38. The second-order valence-electron chi connectivity index (χ2n) is 4.69. The van der Waals surface area contributed by atoms with Crippen LogP contribution in [0, 0.1) is 5.92 Å². The largest absolute Gasteiger partial charge is 0.492 e. The summed E-state index contributed by atoms with van der Waals surface area (Å²) in [5.74, 6) is 0.928. The molecule has 2 nitrogen and oxygen atoms in total. The Bertz CT molecular complexity index is 384. The minimum absolute atomic E-state index is 0.0268. The quantitative estimate of drug-likeness (QED) is 0.901. The smallest absolute Gasteiger partial charge is 0.416 e. The Kier molecular flexibility index (Phi) is 3.80. The predicted molar refractivity (Wildman–Crippen MR) is 62.3 cm³/mol. The summed E-state index contributed by atoms with van der Waals surface area (Å²) in [6, 6.07) is 4.67. The van der Waals surface area contributed by atoms with E-state index >= 15 is 0 Å². The van der Waals surface area contributed by atoms with Crippen LogP contribution in [0.4, 0.5) is 13.2 Å². The highest BCUT2D eigenvalue weighted by molar-refractivity contribution is 5.28. The van der Waals surface area contributed by atoms with Gasteiger partial charge in [-0.2, -0.15) is 13.2 Å². The molecule has 1 saturated carbocycles. The number of alkyl halides is 3. The van der Waals surface area contributed by atoms with Gasteiger partial charge in [0, 0.05) is 6.04 Å². The van der Waals surface area contributed by atoms with E-state index in [0.717, 1.165) is 25.0 Å². The Morgan fingerprint density at radius 2 is 1.83 bits per heavy atom. The maximum atomic E-state index is 12.3. The van der Waals surface area contributed by atoms with Crippen LogP contribution in [0.15, 0.2) is 24.3 Å². The van der Waals surface area contributed by atoms with Crippen LogP contribution in [0.5, 0.6) is 5.75 Å². The van der Waals surface area contributed by atoms with Crippen molar-refractivity contribution in [3.8, 4) is 5.75 Å². The molecule has 0 aliphatic heterocycles. The van der Waals surface area contributed by atoms with Gasteiger partial charge < -0.3 is 10.5 Å². The van der Waals surface area contributed by atoms with E-state index in [1.54, 1.807) is 0 Å². The summed E-state index contributed by atoms with van der Waals surface area (Å²) in [5.41, 5.74) is 5.25. The summed E-state index contributed by atoms with van der Waals surface area (Å²) in [6.07, 6.45) is -0.853. The molecule has 1 aliphatic rings. The Labute approximate surface area is 104 Å². The van der Waals surface area contributed by atoms with Gasteiger partial charge in [0.1, 0.15) is 12.4 Å². The summed E-state index contributed by atoms with van der Waals surface area (Å²) in [6.45, 7) is 0.357. The van der Waals surface area contributed by atoms with E-state index in [0.29, 0.717) is 18.3 Å². The van der Waals surface area contributed by atoms with Crippen molar-refractivity contribution in [1.82, 2.24) is 0 Å². The van der Waals surface area contributed by atoms with E-state index in [2.05, 4.69) is 0 Å². The lowest BCUT2D eigenvalue weighted by Crippen LogP contribution is -2.39. The molecule has 1 aromatic rings. The van der Waals surface area contributed by atoms with Crippen molar-refractivity contribution >= 4 is 0 Å². The van der Waals surface area contributed by atoms with E-state index in [9.17, 15) is 13.2 Å². The van der Waals surface area contributed by atoms with Gasteiger partial charge in [-0.3, -0.25) is 0 Å². The van der Waals surface area contributed by atoms with Gasteiger partial charge in [-0.05, 0) is 43.0 Å². The molecule has 0 heterocycles. The van der Waals surface area contributed by atoms with Crippen LogP contribution in [0.25, 0.3) is 0 Å². The van der Waals surface area contributed by atoms with Crippen LogP contribution in [0.1, 0.15) is 24.8 Å². The Morgan fingerprint density at radius 1 is 1.22 bits per heavy atom. The lowest BCUT2D eigenvalue weighted by Gasteiger charge is -2.30. The molecule has 0 aromatic heterocycles. The van der Waals surface area contributed by atoms with E-state index in [4.69, 9.17) is 10.5 Å². The highest BCUT2D eigenvalue weighted by atomic mass is 19.4. The summed E-state index contributed by atoms with van der Waals surface area (Å²) < 4.78 is 42.4. The molecular weight excluding hydrogens is 243 g/mol. The van der Waals surface area contributed by atoms with Gasteiger partial charge in [0.2, 0.25) is 0 Å². The van der Waals surface area contributed by atoms with Gasteiger partial charge in [0.15, 0.2) is 0 Å². The minimum Gasteiger partial charge on any atom is -0.492 e. The fourth-order valence-corrected chi connectivity index (χ4v) is 1.94. The van der Waals surface area contributed by atoms with Crippen molar-refractivity contribution in [2.45, 2.75) is 31.5 Å². The highest BCUT2D eigenvalue weighted by Gasteiger charge is 2.30. The molecule has 2 rings (SSSR count). The first-order chi connectivity index (χ1) is 8.47. The Morgan fingerprint density at radius 3 is 2.28 bits per heavy atom. The van der Waals surface area contributed by atoms with Crippen LogP contribution in [0.2, 0.25) is 0 Å². The number of rotatable bonds is 4. The first-order valence-electron chi connectivity index (χ1n) is 6.02. The Balaban J connectivity index is 1.86. The summed E-state index contributed by atoms with van der Waals surface area (Å²) in [5, 5.41) is 0. The van der Waals surface area contributed by atoms with Crippen molar-refractivity contribution in [3.05, 3.63) is 29.8 Å². The van der Waals surface area contributed by atoms with Gasteiger partial charge >= 0.3 is 6.18 Å². The molecule has 0 saturated heterocycles. The zero-order valence-electron chi connectivity index (χ0n) is 9.91. The van der Waals surface area contributed by atoms with Crippen molar-refractivity contribution in [1.29, 1.82) is 0 Å². The van der Waals surface area contributed by atoms with E-state index in [-0.39, 0.29) is 6.04 Å². The van der Waals surface area contributed by atoms with E-state index in [1.165, 1.54) is 18.6 Å². The zero-order valence-corrected chi connectivity index (χ0v) is 9.91. The van der Waals surface area contributed by atoms with Crippen LogP contribution < -0.4 is 10.5 Å². The van der Waals surface area contributed by atoms with Crippen molar-refractivity contribution < 1.29 is 17.9 Å². The molecule has 1 fully saturated rings. The monoisotopic (exact) mass is 259 g/mol. The average molecular weight is 259 g/mol. The first kappa shape index (κ1) is 13.2. The third kappa shape index (κ3) is 3.16. The number of halogens is 3. The molecule has 1 atom stereocenters. The van der Waals surface area contributed by atoms with Gasteiger partial charge in [-0.1, -0.05) is 6.42 Å². The first-order valence-corrected chi connectivity index (χ1v) is 6.02. The van der Waals surface area contributed by atoms with Crippen molar-refractivity contribution in [2.24, 2.45) is 11.7 Å². The summed E-state index contributed by atoms with van der Waals surface area (Å²) in [4.78, 5) is 0. The average Bonchev–Trinajstić information content (AvgIpc) is 2.23. The van der Waals surface area contributed by atoms with Crippen molar-refractivity contribution in [2.75, 3.05) is 6.61 Å². The molecule has 0 amide bonds. The number of ether oxygens (including phenoxy) is 1. The van der Waals surface area contributed by atoms with Crippen LogP contribution in [-0.2, 0) is 6.18 Å². The lowest BCUT2D eigenvalue weighted by atomic mass is 9.80.